The van der Waals surface area contributed by atoms with E-state index in [1.165, 1.54) is 0 Å². The number of ether oxygens (including phenoxy) is 1. The van der Waals surface area contributed by atoms with Gasteiger partial charge in [0.05, 0.1) is 23.5 Å². The van der Waals surface area contributed by atoms with E-state index in [9.17, 15) is 4.79 Å². The van der Waals surface area contributed by atoms with Crippen molar-refractivity contribution in [3.63, 3.8) is 0 Å². The van der Waals surface area contributed by atoms with Crippen molar-refractivity contribution in [1.29, 1.82) is 0 Å². The second-order valence-corrected chi connectivity index (χ2v) is 5.18. The first-order valence-corrected chi connectivity index (χ1v) is 7.06. The fourth-order valence-corrected chi connectivity index (χ4v) is 2.69. The molecule has 1 aromatic carbocycles. The summed E-state index contributed by atoms with van der Waals surface area (Å²) in [7, 11) is 2.02. The summed E-state index contributed by atoms with van der Waals surface area (Å²) in [6, 6.07) is 5.78. The highest BCUT2D eigenvalue weighted by atomic mass is 16.5. The van der Waals surface area contributed by atoms with Gasteiger partial charge < -0.3 is 20.7 Å². The maximum atomic E-state index is 11.8. The van der Waals surface area contributed by atoms with Crippen LogP contribution in [0.25, 0.3) is 0 Å². The van der Waals surface area contributed by atoms with Crippen LogP contribution in [0.1, 0.15) is 30.6 Å². The second kappa shape index (κ2) is 6.13. The molecule has 0 saturated carbocycles. The lowest BCUT2D eigenvalue weighted by atomic mass is 10.1. The van der Waals surface area contributed by atoms with E-state index >= 15 is 0 Å². The van der Waals surface area contributed by atoms with Crippen LogP contribution >= 0.6 is 0 Å². The van der Waals surface area contributed by atoms with E-state index in [2.05, 4.69) is 17.1 Å². The van der Waals surface area contributed by atoms with Gasteiger partial charge in [-0.05, 0) is 38.5 Å². The highest BCUT2D eigenvalue weighted by Gasteiger charge is 2.28. The first-order valence-electron chi connectivity index (χ1n) is 7.06. The number of nitrogens with one attached hydrogen (secondary N) is 1. The van der Waals surface area contributed by atoms with Gasteiger partial charge in [0.25, 0.3) is 5.91 Å². The third-order valence-electron chi connectivity index (χ3n) is 3.84. The zero-order chi connectivity index (χ0) is 14.7. The Morgan fingerprint density at radius 2 is 2.30 bits per heavy atom. The Hall–Kier alpha value is -1.75. The lowest BCUT2D eigenvalue weighted by Gasteiger charge is -2.30. The van der Waals surface area contributed by atoms with Gasteiger partial charge in [-0.25, -0.2) is 0 Å². The molecule has 2 atom stereocenters. The number of hydrogen-bond acceptors (Lipinski definition) is 4. The van der Waals surface area contributed by atoms with E-state index < -0.39 is 0 Å². The molecule has 1 fully saturated rings. The number of carbonyl (C=O) groups excluding carboxylic acids is 1. The summed E-state index contributed by atoms with van der Waals surface area (Å²) >= 11 is 0. The maximum absolute atomic E-state index is 11.8. The van der Waals surface area contributed by atoms with Crippen LogP contribution in [0.15, 0.2) is 18.2 Å². The molecule has 0 radical (unpaired) electrons. The molecule has 1 saturated heterocycles. The third kappa shape index (κ3) is 2.88. The van der Waals surface area contributed by atoms with Crippen molar-refractivity contribution < 1.29 is 9.53 Å². The smallest absolute Gasteiger partial charge is 0.251 e. The monoisotopic (exact) mass is 277 g/mol. The molecule has 0 aliphatic carbocycles. The summed E-state index contributed by atoms with van der Waals surface area (Å²) in [5.74, 6) is -0.0917. The molecule has 5 heteroatoms. The highest BCUT2D eigenvalue weighted by Crippen LogP contribution is 2.29. The van der Waals surface area contributed by atoms with Crippen LogP contribution in [0.3, 0.4) is 0 Å². The molecule has 1 aromatic rings. The number of benzene rings is 1. The predicted molar refractivity (Wildman–Crippen MR) is 81.1 cm³/mol. The number of anilines is 2. The quantitative estimate of drug-likeness (QED) is 0.821. The topological polar surface area (TPSA) is 67.6 Å². The SMILES string of the molecule is CCNC(=O)c1ccc(N(C)C2CCOC2C)c(N)c1. The summed E-state index contributed by atoms with van der Waals surface area (Å²) in [4.78, 5) is 13.9. The molecule has 3 N–H and O–H groups in total. The van der Waals surface area contributed by atoms with Crippen molar-refractivity contribution in [1.82, 2.24) is 5.32 Å². The Kier molecular flexibility index (Phi) is 4.49. The van der Waals surface area contributed by atoms with Crippen molar-refractivity contribution in [2.75, 3.05) is 30.8 Å². The van der Waals surface area contributed by atoms with E-state index in [-0.39, 0.29) is 12.0 Å². The molecule has 0 spiro atoms. The average Bonchev–Trinajstić information content (AvgIpc) is 2.84. The number of rotatable bonds is 4. The number of nitrogen functional groups attached to an aromatic ring is 1. The van der Waals surface area contributed by atoms with Crippen LogP contribution in [0.5, 0.6) is 0 Å². The van der Waals surface area contributed by atoms with E-state index in [0.717, 1.165) is 18.7 Å². The van der Waals surface area contributed by atoms with Gasteiger partial charge in [0, 0.05) is 25.8 Å². The Labute approximate surface area is 120 Å². The zero-order valence-corrected chi connectivity index (χ0v) is 12.3. The Morgan fingerprint density at radius 3 is 2.85 bits per heavy atom. The summed E-state index contributed by atoms with van der Waals surface area (Å²) < 4.78 is 5.60. The van der Waals surface area contributed by atoms with Crippen molar-refractivity contribution >= 4 is 17.3 Å². The van der Waals surface area contributed by atoms with Gasteiger partial charge in [-0.3, -0.25) is 4.79 Å². The molecular weight excluding hydrogens is 254 g/mol. The normalized spacial score (nSPS) is 21.8. The molecule has 20 heavy (non-hydrogen) atoms. The number of hydrogen-bond donors (Lipinski definition) is 2. The van der Waals surface area contributed by atoms with Crippen molar-refractivity contribution in [2.24, 2.45) is 0 Å². The second-order valence-electron chi connectivity index (χ2n) is 5.18. The molecule has 2 unspecified atom stereocenters. The van der Waals surface area contributed by atoms with Gasteiger partial charge >= 0.3 is 0 Å². The number of amides is 1. The Morgan fingerprint density at radius 1 is 1.55 bits per heavy atom. The Balaban J connectivity index is 2.19. The van der Waals surface area contributed by atoms with Crippen molar-refractivity contribution in [3.05, 3.63) is 23.8 Å². The van der Waals surface area contributed by atoms with Crippen molar-refractivity contribution in [2.45, 2.75) is 32.4 Å². The Bertz CT molecular complexity index is 490. The largest absolute Gasteiger partial charge is 0.397 e. The molecule has 1 aliphatic rings. The molecule has 1 aliphatic heterocycles. The van der Waals surface area contributed by atoms with E-state index in [1.807, 2.05) is 26.1 Å². The molecule has 0 bridgehead atoms. The number of likely N-dealkylation sites (N-methyl/N-ethyl adjacent to an activating group) is 1. The van der Waals surface area contributed by atoms with E-state index in [1.54, 1.807) is 6.07 Å². The molecule has 110 valence electrons. The fourth-order valence-electron chi connectivity index (χ4n) is 2.69. The van der Waals surface area contributed by atoms with Crippen LogP contribution < -0.4 is 16.0 Å². The first-order chi connectivity index (χ1) is 9.54. The fraction of sp³-hybridized carbons (Fsp3) is 0.533. The number of nitrogens with zero attached hydrogens (tertiary/aromatic N) is 1. The van der Waals surface area contributed by atoms with Crippen LogP contribution in [0.4, 0.5) is 11.4 Å². The number of carbonyl (C=O) groups is 1. The number of nitrogens with two attached hydrogens (primary N) is 1. The molecular formula is C15H23N3O2. The molecule has 2 rings (SSSR count). The van der Waals surface area contributed by atoms with Crippen LogP contribution in [-0.2, 0) is 4.74 Å². The van der Waals surface area contributed by atoms with Gasteiger partial charge in [0.2, 0.25) is 0 Å². The summed E-state index contributed by atoms with van der Waals surface area (Å²) in [6.07, 6.45) is 1.19. The summed E-state index contributed by atoms with van der Waals surface area (Å²) in [6.45, 7) is 5.36. The van der Waals surface area contributed by atoms with Gasteiger partial charge in [-0.1, -0.05) is 0 Å². The van der Waals surface area contributed by atoms with Crippen molar-refractivity contribution in [3.8, 4) is 0 Å². The summed E-state index contributed by atoms with van der Waals surface area (Å²) in [5.41, 5.74) is 8.27. The lowest BCUT2D eigenvalue weighted by Crippen LogP contribution is -2.37. The van der Waals surface area contributed by atoms with Gasteiger partial charge in [-0.15, -0.1) is 0 Å². The van der Waals surface area contributed by atoms with E-state index in [4.69, 9.17) is 10.5 Å². The molecule has 1 amide bonds. The van der Waals surface area contributed by atoms with Gasteiger partial charge in [-0.2, -0.15) is 0 Å². The zero-order valence-electron chi connectivity index (χ0n) is 12.3. The molecule has 0 aromatic heterocycles. The van der Waals surface area contributed by atoms with Crippen LogP contribution in [0.2, 0.25) is 0 Å². The highest BCUT2D eigenvalue weighted by molar-refractivity contribution is 5.96. The minimum Gasteiger partial charge on any atom is -0.397 e. The predicted octanol–water partition coefficient (Wildman–Crippen LogP) is 1.63. The average molecular weight is 277 g/mol. The standard InChI is InChI=1S/C15H23N3O2/c1-4-17-15(19)11-5-6-14(12(16)9-11)18(3)13-7-8-20-10(13)2/h5-6,9-10,13H,4,7-8,16H2,1-3H3,(H,17,19). The minimum absolute atomic E-state index is 0.0917. The summed E-state index contributed by atoms with van der Waals surface area (Å²) in [5, 5.41) is 2.77. The lowest BCUT2D eigenvalue weighted by molar-refractivity contribution is 0.0956. The van der Waals surface area contributed by atoms with E-state index in [0.29, 0.717) is 23.8 Å². The molecule has 1 heterocycles. The maximum Gasteiger partial charge on any atom is 0.251 e. The van der Waals surface area contributed by atoms with Gasteiger partial charge in [0.1, 0.15) is 0 Å². The first kappa shape index (κ1) is 14.7. The van der Waals surface area contributed by atoms with Gasteiger partial charge in [0.15, 0.2) is 0 Å². The minimum atomic E-state index is -0.0917. The molecule has 5 nitrogen and oxygen atoms in total. The van der Waals surface area contributed by atoms with Crippen LogP contribution in [-0.4, -0.2) is 38.3 Å². The third-order valence-corrected chi connectivity index (χ3v) is 3.84. The van der Waals surface area contributed by atoms with Crippen LogP contribution in [0, 0.1) is 0 Å².